The van der Waals surface area contributed by atoms with Gasteiger partial charge in [-0.25, -0.2) is 4.79 Å². The minimum atomic E-state index is -0.401. The van der Waals surface area contributed by atoms with Crippen molar-refractivity contribution in [1.29, 1.82) is 0 Å². The second-order valence-electron chi connectivity index (χ2n) is 8.99. The quantitative estimate of drug-likeness (QED) is 0.607. The number of ether oxygens (including phenoxy) is 2. The minimum absolute atomic E-state index is 0.0380. The van der Waals surface area contributed by atoms with Crippen molar-refractivity contribution in [3.05, 3.63) is 53.6 Å². The van der Waals surface area contributed by atoms with Gasteiger partial charge in [0, 0.05) is 25.0 Å². The zero-order valence-electron chi connectivity index (χ0n) is 20.3. The molecule has 2 aromatic rings. The molecule has 2 aliphatic heterocycles. The summed E-state index contributed by atoms with van der Waals surface area (Å²) >= 11 is 0. The number of hydrogen-bond acceptors (Lipinski definition) is 5. The number of benzene rings is 2. The van der Waals surface area contributed by atoms with E-state index in [4.69, 9.17) is 9.47 Å². The van der Waals surface area contributed by atoms with Gasteiger partial charge in [0.15, 0.2) is 0 Å². The number of hydrogen-bond donors (Lipinski definition) is 3. The number of carbonyl (C=O) groups is 3. The van der Waals surface area contributed by atoms with E-state index in [1.165, 1.54) is 0 Å². The first-order chi connectivity index (χ1) is 16.8. The standard InChI is InChI=1S/C26H32N4O5/c1-4-27-24(31)14-19-9-10-21-23(35-19)15-34-22-11-8-18(13-20(22)25(32)30(21)3)29-26(33)28-17-7-5-6-16(2)12-17/h5-8,11-13,19,21,23H,4,9-10,14-15H2,1-3H3,(H,27,31)(H2,28,29,33)/t19-,21-,23+/m1/s1. The molecule has 0 radical (unpaired) electrons. The lowest BCUT2D eigenvalue weighted by molar-refractivity contribution is -0.133. The molecule has 2 heterocycles. The number of rotatable bonds is 5. The molecule has 9 heteroatoms. The first-order valence-electron chi connectivity index (χ1n) is 11.9. The van der Waals surface area contributed by atoms with Crippen LogP contribution >= 0.6 is 0 Å². The van der Waals surface area contributed by atoms with Gasteiger partial charge >= 0.3 is 6.03 Å². The Hall–Kier alpha value is -3.59. The Kier molecular flexibility index (Phi) is 7.55. The Morgan fingerprint density at radius 3 is 2.60 bits per heavy atom. The molecule has 3 N–H and O–H groups in total. The van der Waals surface area contributed by atoms with Crippen LogP contribution in [0.3, 0.4) is 0 Å². The van der Waals surface area contributed by atoms with Crippen LogP contribution in [0.2, 0.25) is 0 Å². The average molecular weight is 481 g/mol. The third-order valence-corrected chi connectivity index (χ3v) is 6.33. The van der Waals surface area contributed by atoms with E-state index in [0.717, 1.165) is 5.56 Å². The highest BCUT2D eigenvalue weighted by atomic mass is 16.5. The van der Waals surface area contributed by atoms with Gasteiger partial charge in [-0.1, -0.05) is 12.1 Å². The Balaban J connectivity index is 1.45. The predicted molar refractivity (Wildman–Crippen MR) is 133 cm³/mol. The van der Waals surface area contributed by atoms with Gasteiger partial charge in [0.25, 0.3) is 5.91 Å². The van der Waals surface area contributed by atoms with Gasteiger partial charge in [-0.05, 0) is 62.6 Å². The second-order valence-corrected chi connectivity index (χ2v) is 8.99. The summed E-state index contributed by atoms with van der Waals surface area (Å²) in [5.74, 6) is 0.187. The highest BCUT2D eigenvalue weighted by molar-refractivity contribution is 6.02. The highest BCUT2D eigenvalue weighted by Gasteiger charge is 2.39. The fraction of sp³-hybridized carbons (Fsp3) is 0.423. The molecular weight excluding hydrogens is 448 g/mol. The molecule has 0 aliphatic carbocycles. The Labute approximate surface area is 205 Å². The molecule has 9 nitrogen and oxygen atoms in total. The fourth-order valence-corrected chi connectivity index (χ4v) is 4.60. The molecule has 0 aromatic heterocycles. The monoisotopic (exact) mass is 480 g/mol. The number of carbonyl (C=O) groups excluding carboxylic acids is 3. The van der Waals surface area contributed by atoms with E-state index in [9.17, 15) is 14.4 Å². The molecule has 0 bridgehead atoms. The highest BCUT2D eigenvalue weighted by Crippen LogP contribution is 2.32. The summed E-state index contributed by atoms with van der Waals surface area (Å²) in [5, 5.41) is 8.38. The van der Waals surface area contributed by atoms with Crippen molar-refractivity contribution in [3.63, 3.8) is 0 Å². The number of anilines is 2. The number of amides is 4. The summed E-state index contributed by atoms with van der Waals surface area (Å²) < 4.78 is 12.2. The number of urea groups is 1. The Morgan fingerprint density at radius 2 is 1.86 bits per heavy atom. The lowest BCUT2D eigenvalue weighted by atomic mass is 9.94. The summed E-state index contributed by atoms with van der Waals surface area (Å²) in [6.07, 6.45) is 1.16. The topological polar surface area (TPSA) is 109 Å². The van der Waals surface area contributed by atoms with Gasteiger partial charge in [-0.2, -0.15) is 0 Å². The van der Waals surface area contributed by atoms with E-state index in [-0.39, 0.29) is 36.7 Å². The summed E-state index contributed by atoms with van der Waals surface area (Å²) in [5.41, 5.74) is 2.58. The number of nitrogens with one attached hydrogen (secondary N) is 3. The van der Waals surface area contributed by atoms with Crippen molar-refractivity contribution in [3.8, 4) is 5.75 Å². The summed E-state index contributed by atoms with van der Waals surface area (Å²) in [6, 6.07) is 11.9. The van der Waals surface area contributed by atoms with Gasteiger partial charge < -0.3 is 30.3 Å². The maximum absolute atomic E-state index is 13.4. The van der Waals surface area contributed by atoms with E-state index in [0.29, 0.717) is 48.5 Å². The largest absolute Gasteiger partial charge is 0.490 e. The first-order valence-corrected chi connectivity index (χ1v) is 11.9. The molecule has 35 heavy (non-hydrogen) atoms. The Bertz CT molecular complexity index is 1100. The van der Waals surface area contributed by atoms with Gasteiger partial charge in [0.1, 0.15) is 18.5 Å². The van der Waals surface area contributed by atoms with Gasteiger partial charge in [0.2, 0.25) is 5.91 Å². The second kappa shape index (κ2) is 10.8. The minimum Gasteiger partial charge on any atom is -0.490 e. The SMILES string of the molecule is CCNC(=O)C[C@H]1CC[C@@H]2[C@H](COc3ccc(NC(=O)Nc4cccc(C)c4)cc3C(=O)N2C)O1. The lowest BCUT2D eigenvalue weighted by Gasteiger charge is -2.42. The van der Waals surface area contributed by atoms with E-state index in [2.05, 4.69) is 16.0 Å². The summed E-state index contributed by atoms with van der Waals surface area (Å²) in [6.45, 7) is 4.68. The molecule has 2 aromatic carbocycles. The van der Waals surface area contributed by atoms with E-state index in [1.807, 2.05) is 38.1 Å². The molecule has 186 valence electrons. The van der Waals surface area contributed by atoms with Crippen LogP contribution in [-0.2, 0) is 9.53 Å². The molecule has 1 fully saturated rings. The smallest absolute Gasteiger partial charge is 0.323 e. The normalized spacial score (nSPS) is 21.5. The maximum Gasteiger partial charge on any atom is 0.323 e. The fourth-order valence-electron chi connectivity index (χ4n) is 4.60. The van der Waals surface area contributed by atoms with Crippen LogP contribution < -0.4 is 20.7 Å². The number of aryl methyl sites for hydroxylation is 1. The summed E-state index contributed by atoms with van der Waals surface area (Å²) in [7, 11) is 1.76. The molecular formula is C26H32N4O5. The Morgan fingerprint density at radius 1 is 1.09 bits per heavy atom. The van der Waals surface area contributed by atoms with Crippen molar-refractivity contribution in [2.75, 3.05) is 30.8 Å². The number of nitrogens with zero attached hydrogens (tertiary/aromatic N) is 1. The average Bonchev–Trinajstić information content (AvgIpc) is 2.82. The van der Waals surface area contributed by atoms with Crippen LogP contribution in [0.15, 0.2) is 42.5 Å². The number of fused-ring (bicyclic) bond motifs is 2. The van der Waals surface area contributed by atoms with Crippen LogP contribution in [0.1, 0.15) is 42.1 Å². The lowest BCUT2D eigenvalue weighted by Crippen LogP contribution is -2.54. The zero-order valence-corrected chi connectivity index (χ0v) is 20.3. The van der Waals surface area contributed by atoms with Crippen molar-refractivity contribution in [2.24, 2.45) is 0 Å². The molecule has 0 saturated carbocycles. The van der Waals surface area contributed by atoms with Crippen LogP contribution in [0.4, 0.5) is 16.2 Å². The van der Waals surface area contributed by atoms with Gasteiger partial charge in [-0.3, -0.25) is 9.59 Å². The third-order valence-electron chi connectivity index (χ3n) is 6.33. The number of likely N-dealkylation sites (N-methyl/N-ethyl adjacent to an activating group) is 1. The molecule has 0 unspecified atom stereocenters. The van der Waals surface area contributed by atoms with Crippen LogP contribution in [-0.4, -0.2) is 61.2 Å². The molecule has 4 rings (SSSR count). The van der Waals surface area contributed by atoms with E-state index < -0.39 is 6.03 Å². The maximum atomic E-state index is 13.4. The van der Waals surface area contributed by atoms with Crippen molar-refractivity contribution in [2.45, 2.75) is 51.4 Å². The molecule has 4 amide bonds. The molecule has 2 aliphatic rings. The molecule has 0 spiro atoms. The van der Waals surface area contributed by atoms with Crippen molar-refractivity contribution in [1.82, 2.24) is 10.2 Å². The zero-order chi connectivity index (χ0) is 24.9. The van der Waals surface area contributed by atoms with Crippen LogP contribution in [0.25, 0.3) is 0 Å². The van der Waals surface area contributed by atoms with E-state index in [1.54, 1.807) is 30.1 Å². The first kappa shape index (κ1) is 24.5. The van der Waals surface area contributed by atoms with Gasteiger partial charge in [-0.15, -0.1) is 0 Å². The third kappa shape index (κ3) is 5.92. The molecule has 3 atom stereocenters. The predicted octanol–water partition coefficient (Wildman–Crippen LogP) is 3.55. The van der Waals surface area contributed by atoms with Crippen molar-refractivity contribution < 1.29 is 23.9 Å². The van der Waals surface area contributed by atoms with Gasteiger partial charge in [0.05, 0.1) is 24.1 Å². The summed E-state index contributed by atoms with van der Waals surface area (Å²) in [4.78, 5) is 39.5. The van der Waals surface area contributed by atoms with Crippen LogP contribution in [0.5, 0.6) is 5.75 Å². The van der Waals surface area contributed by atoms with E-state index >= 15 is 0 Å². The molecule has 1 saturated heterocycles. The van der Waals surface area contributed by atoms with Crippen LogP contribution in [0, 0.1) is 6.92 Å². The van der Waals surface area contributed by atoms with Crippen molar-refractivity contribution >= 4 is 29.2 Å².